The van der Waals surface area contributed by atoms with Crippen molar-refractivity contribution in [2.24, 2.45) is 5.92 Å². The zero-order valence-electron chi connectivity index (χ0n) is 12.1. The van der Waals surface area contributed by atoms with Crippen LogP contribution in [-0.2, 0) is 0 Å². The molecule has 0 aliphatic rings. The Morgan fingerprint density at radius 1 is 1.32 bits per heavy atom. The van der Waals surface area contributed by atoms with Gasteiger partial charge in [0.15, 0.2) is 0 Å². The number of H-pyrrole nitrogens is 1. The highest BCUT2D eigenvalue weighted by atomic mass is 35.5. The van der Waals surface area contributed by atoms with Gasteiger partial charge in [0.25, 0.3) is 11.5 Å². The molecule has 116 valence electrons. The van der Waals surface area contributed by atoms with Crippen LogP contribution in [0.2, 0.25) is 5.02 Å². The van der Waals surface area contributed by atoms with Crippen LogP contribution >= 0.6 is 11.6 Å². The van der Waals surface area contributed by atoms with E-state index in [9.17, 15) is 14.0 Å². The molecule has 0 aliphatic heterocycles. The number of carbonyl (C=O) groups is 1. The van der Waals surface area contributed by atoms with Gasteiger partial charge in [-0.15, -0.1) is 0 Å². The molecule has 2 rings (SSSR count). The zero-order valence-corrected chi connectivity index (χ0v) is 12.8. The molecule has 0 saturated carbocycles. The maximum Gasteiger partial charge on any atom is 0.272 e. The predicted molar refractivity (Wildman–Crippen MR) is 81.3 cm³/mol. The van der Waals surface area contributed by atoms with Gasteiger partial charge in [0.2, 0.25) is 0 Å². The average Bonchev–Trinajstić information content (AvgIpc) is 2.45. The number of rotatable bonds is 4. The number of benzene rings is 1. The lowest BCUT2D eigenvalue weighted by molar-refractivity contribution is 0.0918. The van der Waals surface area contributed by atoms with Crippen molar-refractivity contribution in [2.45, 2.75) is 19.9 Å². The van der Waals surface area contributed by atoms with Gasteiger partial charge in [-0.05, 0) is 24.1 Å². The van der Waals surface area contributed by atoms with Crippen molar-refractivity contribution in [1.82, 2.24) is 15.5 Å². The normalized spacial score (nSPS) is 12.2. The number of aromatic amines is 1. The van der Waals surface area contributed by atoms with Crippen molar-refractivity contribution in [3.05, 3.63) is 62.8 Å². The standard InChI is InChI=1S/C15H15ClFN3O2/c1-8(2)14(10-4-3-9(16)7-11(10)17)18-15(22)12-5-6-13(21)20-19-12/h3-8,14H,1-2H3,(H,18,22)(H,20,21)/t14-/m1/s1. The summed E-state index contributed by atoms with van der Waals surface area (Å²) in [6.07, 6.45) is 0. The molecule has 0 fully saturated rings. The first-order valence-corrected chi connectivity index (χ1v) is 7.08. The van der Waals surface area contributed by atoms with Crippen molar-refractivity contribution in [3.63, 3.8) is 0 Å². The van der Waals surface area contributed by atoms with E-state index in [1.54, 1.807) is 12.1 Å². The molecule has 1 aromatic carbocycles. The summed E-state index contributed by atoms with van der Waals surface area (Å²) in [7, 11) is 0. The highest BCUT2D eigenvalue weighted by molar-refractivity contribution is 6.30. The summed E-state index contributed by atoms with van der Waals surface area (Å²) in [6, 6.07) is 6.29. The number of hydrogen-bond donors (Lipinski definition) is 2. The van der Waals surface area contributed by atoms with E-state index in [4.69, 9.17) is 11.6 Å². The molecule has 2 N–H and O–H groups in total. The number of amides is 1. The van der Waals surface area contributed by atoms with Crippen molar-refractivity contribution < 1.29 is 9.18 Å². The summed E-state index contributed by atoms with van der Waals surface area (Å²) < 4.78 is 14.1. The van der Waals surface area contributed by atoms with Crippen molar-refractivity contribution >= 4 is 17.5 Å². The van der Waals surface area contributed by atoms with Crippen LogP contribution in [0.1, 0.15) is 35.9 Å². The van der Waals surface area contributed by atoms with Crippen molar-refractivity contribution in [2.75, 3.05) is 0 Å². The first-order chi connectivity index (χ1) is 10.4. The summed E-state index contributed by atoms with van der Waals surface area (Å²) in [4.78, 5) is 23.1. The van der Waals surface area contributed by atoms with E-state index in [2.05, 4.69) is 15.5 Å². The number of carbonyl (C=O) groups excluding carboxylic acids is 1. The van der Waals surface area contributed by atoms with Gasteiger partial charge < -0.3 is 5.32 Å². The van der Waals surface area contributed by atoms with Gasteiger partial charge in [-0.2, -0.15) is 5.10 Å². The van der Waals surface area contributed by atoms with Gasteiger partial charge >= 0.3 is 0 Å². The maximum absolute atomic E-state index is 14.1. The highest BCUT2D eigenvalue weighted by Crippen LogP contribution is 2.26. The van der Waals surface area contributed by atoms with Gasteiger partial charge in [0.1, 0.15) is 11.5 Å². The molecule has 0 spiro atoms. The molecule has 2 aromatic rings. The van der Waals surface area contributed by atoms with Crippen molar-refractivity contribution in [3.8, 4) is 0 Å². The smallest absolute Gasteiger partial charge is 0.272 e. The van der Waals surface area contributed by atoms with Crippen LogP contribution in [0.3, 0.4) is 0 Å². The first kappa shape index (κ1) is 16.2. The number of halogens is 2. The first-order valence-electron chi connectivity index (χ1n) is 6.70. The van der Waals surface area contributed by atoms with Crippen molar-refractivity contribution in [1.29, 1.82) is 0 Å². The number of nitrogens with one attached hydrogen (secondary N) is 2. The van der Waals surface area contributed by atoms with Gasteiger partial charge in [-0.25, -0.2) is 9.49 Å². The van der Waals surface area contributed by atoms with Crippen LogP contribution in [0.15, 0.2) is 35.1 Å². The Morgan fingerprint density at radius 2 is 2.05 bits per heavy atom. The Hall–Kier alpha value is -2.21. The topological polar surface area (TPSA) is 74.8 Å². The third-order valence-electron chi connectivity index (χ3n) is 3.16. The van der Waals surface area contributed by atoms with Gasteiger partial charge in [-0.1, -0.05) is 31.5 Å². The molecular weight excluding hydrogens is 309 g/mol. The number of hydrogen-bond acceptors (Lipinski definition) is 3. The van der Waals surface area contributed by atoms with Crippen LogP contribution in [0.4, 0.5) is 4.39 Å². The van der Waals surface area contributed by atoms with E-state index < -0.39 is 23.3 Å². The minimum atomic E-state index is -0.543. The second kappa shape index (κ2) is 6.70. The van der Waals surface area contributed by atoms with E-state index in [0.717, 1.165) is 0 Å². The molecule has 0 aliphatic carbocycles. The number of aromatic nitrogens is 2. The Bertz CT molecular complexity index is 725. The monoisotopic (exact) mass is 323 g/mol. The highest BCUT2D eigenvalue weighted by Gasteiger charge is 2.22. The second-order valence-corrected chi connectivity index (χ2v) is 5.60. The lowest BCUT2D eigenvalue weighted by atomic mass is 9.95. The summed E-state index contributed by atoms with van der Waals surface area (Å²) in [5.74, 6) is -1.03. The quantitative estimate of drug-likeness (QED) is 0.908. The summed E-state index contributed by atoms with van der Waals surface area (Å²) >= 11 is 5.75. The van der Waals surface area contributed by atoms with E-state index in [-0.39, 0.29) is 16.6 Å². The van der Waals surface area contributed by atoms with Gasteiger partial charge in [0, 0.05) is 16.7 Å². The van der Waals surface area contributed by atoms with Crippen LogP contribution < -0.4 is 10.9 Å². The molecule has 1 heterocycles. The summed E-state index contributed by atoms with van der Waals surface area (Å²) in [5.41, 5.74) is -0.00231. The zero-order chi connectivity index (χ0) is 16.3. The predicted octanol–water partition coefficient (Wildman–Crippen LogP) is 2.69. The van der Waals surface area contributed by atoms with E-state index in [1.807, 2.05) is 13.8 Å². The fourth-order valence-corrected chi connectivity index (χ4v) is 2.20. The Kier molecular flexibility index (Phi) is 4.92. The van der Waals surface area contributed by atoms with E-state index >= 15 is 0 Å². The lowest BCUT2D eigenvalue weighted by Crippen LogP contribution is -2.33. The number of nitrogens with zero attached hydrogens (tertiary/aromatic N) is 1. The molecule has 5 nitrogen and oxygen atoms in total. The molecule has 1 aromatic heterocycles. The van der Waals surface area contributed by atoms with Crippen LogP contribution in [0.5, 0.6) is 0 Å². The largest absolute Gasteiger partial charge is 0.343 e. The molecular formula is C15H15ClFN3O2. The molecule has 22 heavy (non-hydrogen) atoms. The fourth-order valence-electron chi connectivity index (χ4n) is 2.04. The van der Waals surface area contributed by atoms with Gasteiger partial charge in [-0.3, -0.25) is 9.59 Å². The van der Waals surface area contributed by atoms with Crippen LogP contribution in [0.25, 0.3) is 0 Å². The SMILES string of the molecule is CC(C)[C@@H](NC(=O)c1ccc(=O)[nH]n1)c1ccc(Cl)cc1F. The third kappa shape index (κ3) is 3.71. The minimum Gasteiger partial charge on any atom is -0.343 e. The average molecular weight is 324 g/mol. The molecule has 1 atom stereocenters. The molecule has 7 heteroatoms. The Labute approximate surface area is 131 Å². The van der Waals surface area contributed by atoms with Crippen LogP contribution in [-0.4, -0.2) is 16.1 Å². The van der Waals surface area contributed by atoms with E-state index in [0.29, 0.717) is 5.56 Å². The Morgan fingerprint density at radius 3 is 2.59 bits per heavy atom. The van der Waals surface area contributed by atoms with Gasteiger partial charge in [0.05, 0.1) is 6.04 Å². The lowest BCUT2D eigenvalue weighted by Gasteiger charge is -2.23. The van der Waals surface area contributed by atoms with E-state index in [1.165, 1.54) is 18.2 Å². The molecule has 0 bridgehead atoms. The molecule has 1 amide bonds. The summed E-state index contributed by atoms with van der Waals surface area (Å²) in [6.45, 7) is 3.72. The minimum absolute atomic E-state index is 0.0533. The van der Waals surface area contributed by atoms with Crippen LogP contribution in [0, 0.1) is 11.7 Å². The Balaban J connectivity index is 2.27. The molecule has 0 saturated heterocycles. The fraction of sp³-hybridized carbons (Fsp3) is 0.267. The summed E-state index contributed by atoms with van der Waals surface area (Å²) in [5, 5.41) is 8.85. The molecule has 0 radical (unpaired) electrons. The maximum atomic E-state index is 14.1. The second-order valence-electron chi connectivity index (χ2n) is 5.17. The third-order valence-corrected chi connectivity index (χ3v) is 3.40. The molecule has 0 unspecified atom stereocenters.